The van der Waals surface area contributed by atoms with E-state index in [-0.39, 0.29) is 18.5 Å². The summed E-state index contributed by atoms with van der Waals surface area (Å²) in [6.07, 6.45) is 8.33. The smallest absolute Gasteiger partial charge is 0.323 e. The minimum Gasteiger partial charge on any atom is -0.480 e. The monoisotopic (exact) mass is 281 g/mol. The number of carboxylic acids is 1. The molecule has 20 heavy (non-hydrogen) atoms. The van der Waals surface area contributed by atoms with Crippen molar-refractivity contribution in [2.75, 3.05) is 19.8 Å². The number of aliphatic carboxylic acids is 1. The molecular weight excluding hydrogens is 258 g/mol. The first-order valence-corrected chi connectivity index (χ1v) is 7.43. The van der Waals surface area contributed by atoms with E-state index in [2.05, 4.69) is 6.08 Å². The Morgan fingerprint density at radius 1 is 1.30 bits per heavy atom. The Morgan fingerprint density at radius 2 is 2.05 bits per heavy atom. The Morgan fingerprint density at radius 3 is 2.65 bits per heavy atom. The molecule has 1 heterocycles. The second kappa shape index (κ2) is 7.43. The average molecular weight is 281 g/mol. The van der Waals surface area contributed by atoms with Gasteiger partial charge in [0.2, 0.25) is 5.91 Å². The fourth-order valence-electron chi connectivity index (χ4n) is 2.92. The van der Waals surface area contributed by atoms with Crippen molar-refractivity contribution in [3.8, 4) is 0 Å². The van der Waals surface area contributed by atoms with E-state index in [4.69, 9.17) is 9.84 Å². The van der Waals surface area contributed by atoms with Crippen LogP contribution in [0.2, 0.25) is 0 Å². The zero-order valence-electron chi connectivity index (χ0n) is 11.8. The first-order valence-electron chi connectivity index (χ1n) is 7.43. The zero-order valence-corrected chi connectivity index (χ0v) is 11.8. The minimum atomic E-state index is -0.942. The molecule has 0 spiro atoms. The third-order valence-corrected chi connectivity index (χ3v) is 4.02. The van der Waals surface area contributed by atoms with Crippen molar-refractivity contribution in [1.29, 1.82) is 0 Å². The maximum Gasteiger partial charge on any atom is 0.323 e. The molecule has 1 aliphatic heterocycles. The third-order valence-electron chi connectivity index (χ3n) is 4.02. The molecular formula is C15H23NO4. The highest BCUT2D eigenvalue weighted by Gasteiger charge is 2.27. The molecule has 0 radical (unpaired) electrons. The van der Waals surface area contributed by atoms with Gasteiger partial charge in [0.05, 0.1) is 0 Å². The topological polar surface area (TPSA) is 66.8 Å². The highest BCUT2D eigenvalue weighted by atomic mass is 16.5. The van der Waals surface area contributed by atoms with E-state index in [9.17, 15) is 9.59 Å². The van der Waals surface area contributed by atoms with Crippen molar-refractivity contribution in [2.45, 2.75) is 51.0 Å². The van der Waals surface area contributed by atoms with Crippen molar-refractivity contribution in [3.05, 3.63) is 11.6 Å². The van der Waals surface area contributed by atoms with E-state index in [1.54, 1.807) is 4.90 Å². The summed E-state index contributed by atoms with van der Waals surface area (Å²) in [7, 11) is 0. The fourth-order valence-corrected chi connectivity index (χ4v) is 2.92. The number of ether oxygens (including phenoxy) is 1. The van der Waals surface area contributed by atoms with Crippen LogP contribution in [0.3, 0.4) is 0 Å². The van der Waals surface area contributed by atoms with Crippen LogP contribution in [-0.4, -0.2) is 47.7 Å². The molecule has 5 nitrogen and oxygen atoms in total. The van der Waals surface area contributed by atoms with Crippen LogP contribution in [0.4, 0.5) is 0 Å². The molecule has 2 rings (SSSR count). The van der Waals surface area contributed by atoms with Gasteiger partial charge in [-0.2, -0.15) is 0 Å². The van der Waals surface area contributed by atoms with Crippen LogP contribution >= 0.6 is 0 Å². The highest BCUT2D eigenvalue weighted by molar-refractivity contribution is 5.83. The van der Waals surface area contributed by atoms with E-state index in [0.29, 0.717) is 19.6 Å². The van der Waals surface area contributed by atoms with Gasteiger partial charge in [0.25, 0.3) is 0 Å². The summed E-state index contributed by atoms with van der Waals surface area (Å²) in [5.74, 6) is -0.991. The second-order valence-electron chi connectivity index (χ2n) is 5.54. The third kappa shape index (κ3) is 4.34. The van der Waals surface area contributed by atoms with E-state index in [1.165, 1.54) is 12.0 Å². The van der Waals surface area contributed by atoms with Gasteiger partial charge in [-0.25, -0.2) is 0 Å². The molecule has 0 bridgehead atoms. The predicted molar refractivity (Wildman–Crippen MR) is 74.4 cm³/mol. The van der Waals surface area contributed by atoms with Crippen molar-refractivity contribution in [2.24, 2.45) is 0 Å². The number of carbonyl (C=O) groups is 2. The number of nitrogens with zero attached hydrogens (tertiary/aromatic N) is 1. The molecule has 0 aromatic carbocycles. The molecule has 1 aliphatic carbocycles. The van der Waals surface area contributed by atoms with Crippen LogP contribution in [-0.2, 0) is 14.3 Å². The van der Waals surface area contributed by atoms with E-state index in [1.807, 2.05) is 0 Å². The summed E-state index contributed by atoms with van der Waals surface area (Å²) in [5, 5.41) is 9.03. The maximum absolute atomic E-state index is 12.4. The van der Waals surface area contributed by atoms with E-state index < -0.39 is 5.97 Å². The standard InChI is InChI=1S/C15H23NO4/c17-14(10-12-4-2-1-3-5-12)16(11-15(18)19)13-6-8-20-9-7-13/h4,13H,1-3,5-11H2,(H,18,19). The van der Waals surface area contributed by atoms with Crippen molar-refractivity contribution in [1.82, 2.24) is 4.90 Å². The minimum absolute atomic E-state index is 0.0107. The molecule has 1 fully saturated rings. The SMILES string of the molecule is O=C(O)CN(C(=O)CC1=CCCCC1)C1CCOCC1. The van der Waals surface area contributed by atoms with Crippen LogP contribution < -0.4 is 0 Å². The average Bonchev–Trinajstić information content (AvgIpc) is 2.46. The lowest BCUT2D eigenvalue weighted by Gasteiger charge is -2.33. The van der Waals surface area contributed by atoms with Gasteiger partial charge >= 0.3 is 5.97 Å². The highest BCUT2D eigenvalue weighted by Crippen LogP contribution is 2.23. The molecule has 1 N–H and O–H groups in total. The van der Waals surface area contributed by atoms with Gasteiger partial charge in [0.1, 0.15) is 6.54 Å². The predicted octanol–water partition coefficient (Wildman–Crippen LogP) is 1.97. The molecule has 5 heteroatoms. The van der Waals surface area contributed by atoms with Gasteiger partial charge in [-0.3, -0.25) is 9.59 Å². The molecule has 0 unspecified atom stereocenters. The van der Waals surface area contributed by atoms with Gasteiger partial charge in [0, 0.05) is 25.7 Å². The van der Waals surface area contributed by atoms with Crippen molar-refractivity contribution in [3.63, 3.8) is 0 Å². The van der Waals surface area contributed by atoms with Gasteiger partial charge < -0.3 is 14.7 Å². The molecule has 0 atom stereocenters. The number of rotatable bonds is 5. The molecule has 2 aliphatic rings. The van der Waals surface area contributed by atoms with Gasteiger partial charge in [-0.1, -0.05) is 11.6 Å². The lowest BCUT2D eigenvalue weighted by atomic mass is 9.96. The fraction of sp³-hybridized carbons (Fsp3) is 0.733. The number of carboxylic acid groups (broad SMARTS) is 1. The quantitative estimate of drug-likeness (QED) is 0.782. The second-order valence-corrected chi connectivity index (χ2v) is 5.54. The van der Waals surface area contributed by atoms with Crippen LogP contribution in [0.15, 0.2) is 11.6 Å². The summed E-state index contributed by atoms with van der Waals surface area (Å²) in [6, 6.07) is 0.0107. The largest absolute Gasteiger partial charge is 0.480 e. The van der Waals surface area contributed by atoms with Crippen molar-refractivity contribution >= 4 is 11.9 Å². The van der Waals surface area contributed by atoms with Gasteiger partial charge in [0.15, 0.2) is 0 Å². The lowest BCUT2D eigenvalue weighted by molar-refractivity contribution is -0.147. The summed E-state index contributed by atoms with van der Waals surface area (Å²) in [4.78, 5) is 25.0. The summed E-state index contributed by atoms with van der Waals surface area (Å²) >= 11 is 0. The Labute approximate surface area is 119 Å². The Hall–Kier alpha value is -1.36. The maximum atomic E-state index is 12.4. The van der Waals surface area contributed by atoms with Crippen LogP contribution in [0, 0.1) is 0 Å². The number of amides is 1. The van der Waals surface area contributed by atoms with Crippen molar-refractivity contribution < 1.29 is 19.4 Å². The summed E-state index contributed by atoms with van der Waals surface area (Å²) in [5.41, 5.74) is 1.17. The summed E-state index contributed by atoms with van der Waals surface area (Å²) < 4.78 is 5.29. The first kappa shape index (κ1) is 15.0. The van der Waals surface area contributed by atoms with Crippen LogP contribution in [0.25, 0.3) is 0 Å². The number of hydrogen-bond acceptors (Lipinski definition) is 3. The van der Waals surface area contributed by atoms with Gasteiger partial charge in [-0.15, -0.1) is 0 Å². The molecule has 112 valence electrons. The lowest BCUT2D eigenvalue weighted by Crippen LogP contribution is -2.46. The molecule has 1 amide bonds. The van der Waals surface area contributed by atoms with E-state index >= 15 is 0 Å². The molecule has 0 saturated carbocycles. The Balaban J connectivity index is 1.98. The molecule has 0 aromatic heterocycles. The van der Waals surface area contributed by atoms with Gasteiger partial charge in [-0.05, 0) is 38.5 Å². The normalized spacial score (nSPS) is 20.3. The number of allylic oxidation sites excluding steroid dienone is 1. The Bertz CT molecular complexity index is 385. The Kier molecular flexibility index (Phi) is 5.59. The van der Waals surface area contributed by atoms with E-state index in [0.717, 1.165) is 32.1 Å². The van der Waals surface area contributed by atoms with Crippen LogP contribution in [0.5, 0.6) is 0 Å². The molecule has 1 saturated heterocycles. The first-order chi connectivity index (χ1) is 9.66. The summed E-state index contributed by atoms with van der Waals surface area (Å²) in [6.45, 7) is 1.02. The zero-order chi connectivity index (χ0) is 14.4. The number of hydrogen-bond donors (Lipinski definition) is 1. The molecule has 0 aromatic rings. The number of carbonyl (C=O) groups excluding carboxylic acids is 1. The van der Waals surface area contributed by atoms with Crippen LogP contribution in [0.1, 0.15) is 44.9 Å².